The number of rotatable bonds is 4. The molecule has 1 N–H and O–H groups in total. The number of carbonyl (C=O) groups is 1. The predicted octanol–water partition coefficient (Wildman–Crippen LogP) is 2.84. The minimum atomic E-state index is -0.172. The van der Waals surface area contributed by atoms with Gasteiger partial charge in [0.1, 0.15) is 6.07 Å². The van der Waals surface area contributed by atoms with Gasteiger partial charge in [-0.2, -0.15) is 5.26 Å². The Labute approximate surface area is 150 Å². The quantitative estimate of drug-likeness (QED) is 0.916. The molecule has 0 aromatic heterocycles. The lowest BCUT2D eigenvalue weighted by Crippen LogP contribution is -2.51. The van der Waals surface area contributed by atoms with Crippen molar-refractivity contribution in [2.45, 2.75) is 51.1 Å². The molecule has 0 spiro atoms. The van der Waals surface area contributed by atoms with Gasteiger partial charge in [-0.1, -0.05) is 18.6 Å². The second-order valence-corrected chi connectivity index (χ2v) is 7.19. The van der Waals surface area contributed by atoms with Crippen LogP contribution >= 0.6 is 0 Å². The number of piperidine rings is 2. The Bertz CT molecular complexity index is 625. The van der Waals surface area contributed by atoms with Crippen LogP contribution in [-0.4, -0.2) is 54.0 Å². The molecule has 0 saturated carbocycles. The lowest BCUT2D eigenvalue weighted by molar-refractivity contribution is -0.121. The first-order valence-corrected chi connectivity index (χ1v) is 9.47. The van der Waals surface area contributed by atoms with Crippen molar-refractivity contribution in [2.75, 3.05) is 31.5 Å². The third-order valence-corrected chi connectivity index (χ3v) is 5.64. The van der Waals surface area contributed by atoms with E-state index in [1.165, 1.54) is 32.4 Å². The molecule has 1 unspecified atom stereocenters. The summed E-state index contributed by atoms with van der Waals surface area (Å²) in [4.78, 5) is 17.5. The molecule has 2 aliphatic rings. The maximum Gasteiger partial charge on any atom is 0.241 e. The number of nitrogens with one attached hydrogen (secondary N) is 1. The maximum atomic E-state index is 12.6. The highest BCUT2D eigenvalue weighted by Crippen LogP contribution is 2.22. The molecule has 25 heavy (non-hydrogen) atoms. The number of likely N-dealkylation sites (tertiary alicyclic amines) is 2. The van der Waals surface area contributed by atoms with Crippen LogP contribution in [0, 0.1) is 11.3 Å². The largest absolute Gasteiger partial charge is 0.324 e. The molecule has 0 radical (unpaired) electrons. The highest BCUT2D eigenvalue weighted by Gasteiger charge is 2.29. The van der Waals surface area contributed by atoms with Crippen LogP contribution in [0.2, 0.25) is 0 Å². The Balaban J connectivity index is 1.52. The standard InChI is InChI=1S/C20H28N4O/c1-16(20(25)22-19-8-4-3-7-17(19)15-21)23-13-9-18(10-14-23)24-11-5-2-6-12-24/h3-4,7-8,16,18H,2,5-6,9-14H2,1H3,(H,22,25). The Morgan fingerprint density at radius 3 is 2.52 bits per heavy atom. The first-order valence-electron chi connectivity index (χ1n) is 9.47. The zero-order chi connectivity index (χ0) is 17.6. The number of anilines is 1. The van der Waals surface area contributed by atoms with Gasteiger partial charge in [0.2, 0.25) is 5.91 Å². The van der Waals surface area contributed by atoms with E-state index < -0.39 is 0 Å². The average Bonchev–Trinajstić information content (AvgIpc) is 2.68. The van der Waals surface area contributed by atoms with E-state index in [0.717, 1.165) is 25.9 Å². The van der Waals surface area contributed by atoms with Crippen LogP contribution in [0.25, 0.3) is 0 Å². The smallest absolute Gasteiger partial charge is 0.241 e. The average molecular weight is 340 g/mol. The van der Waals surface area contributed by atoms with Crippen molar-refractivity contribution in [3.63, 3.8) is 0 Å². The minimum Gasteiger partial charge on any atom is -0.324 e. The molecule has 0 bridgehead atoms. The summed E-state index contributed by atoms with van der Waals surface area (Å²) in [6.45, 7) is 6.38. The van der Waals surface area contributed by atoms with Crippen molar-refractivity contribution < 1.29 is 4.79 Å². The number of carbonyl (C=O) groups excluding carboxylic acids is 1. The molecule has 1 aromatic carbocycles. The Kier molecular flexibility index (Phi) is 6.06. The monoisotopic (exact) mass is 340 g/mol. The molecule has 1 aromatic rings. The molecule has 1 atom stereocenters. The third kappa shape index (κ3) is 4.39. The highest BCUT2D eigenvalue weighted by molar-refractivity contribution is 5.95. The van der Waals surface area contributed by atoms with Crippen LogP contribution < -0.4 is 5.32 Å². The summed E-state index contributed by atoms with van der Waals surface area (Å²) >= 11 is 0. The molecular formula is C20H28N4O. The number of hydrogen-bond donors (Lipinski definition) is 1. The van der Waals surface area contributed by atoms with Gasteiger partial charge in [-0.3, -0.25) is 9.69 Å². The normalized spacial score (nSPS) is 21.4. The van der Waals surface area contributed by atoms with E-state index in [1.54, 1.807) is 12.1 Å². The van der Waals surface area contributed by atoms with Crippen LogP contribution in [0.5, 0.6) is 0 Å². The number of benzene rings is 1. The molecule has 2 fully saturated rings. The van der Waals surface area contributed by atoms with Gasteiger partial charge in [-0.25, -0.2) is 0 Å². The molecule has 5 nitrogen and oxygen atoms in total. The van der Waals surface area contributed by atoms with Gasteiger partial charge in [-0.05, 0) is 57.8 Å². The van der Waals surface area contributed by atoms with Gasteiger partial charge >= 0.3 is 0 Å². The summed E-state index contributed by atoms with van der Waals surface area (Å²) in [5.41, 5.74) is 1.11. The van der Waals surface area contributed by atoms with E-state index in [9.17, 15) is 4.79 Å². The fraction of sp³-hybridized carbons (Fsp3) is 0.600. The van der Waals surface area contributed by atoms with E-state index in [-0.39, 0.29) is 11.9 Å². The summed E-state index contributed by atoms with van der Waals surface area (Å²) in [7, 11) is 0. The summed E-state index contributed by atoms with van der Waals surface area (Å²) in [5.74, 6) is -0.0286. The Morgan fingerprint density at radius 2 is 1.84 bits per heavy atom. The molecular weight excluding hydrogens is 312 g/mol. The summed E-state index contributed by atoms with van der Waals surface area (Å²) in [5, 5.41) is 12.1. The van der Waals surface area contributed by atoms with Gasteiger partial charge in [0.15, 0.2) is 0 Å². The van der Waals surface area contributed by atoms with Crippen molar-refractivity contribution in [1.29, 1.82) is 5.26 Å². The highest BCUT2D eigenvalue weighted by atomic mass is 16.2. The molecule has 3 rings (SSSR count). The zero-order valence-corrected chi connectivity index (χ0v) is 15.1. The summed E-state index contributed by atoms with van der Waals surface area (Å²) < 4.78 is 0. The van der Waals surface area contributed by atoms with E-state index in [0.29, 0.717) is 17.3 Å². The molecule has 134 valence electrons. The van der Waals surface area contributed by atoms with Crippen molar-refractivity contribution >= 4 is 11.6 Å². The first-order chi connectivity index (χ1) is 12.2. The number of hydrogen-bond acceptors (Lipinski definition) is 4. The summed E-state index contributed by atoms with van der Waals surface area (Å²) in [6.07, 6.45) is 6.32. The van der Waals surface area contributed by atoms with Crippen LogP contribution in [0.15, 0.2) is 24.3 Å². The zero-order valence-electron chi connectivity index (χ0n) is 15.1. The lowest BCUT2D eigenvalue weighted by atomic mass is 9.99. The molecule has 2 aliphatic heterocycles. The van der Waals surface area contributed by atoms with E-state index in [4.69, 9.17) is 5.26 Å². The van der Waals surface area contributed by atoms with Crippen molar-refractivity contribution in [1.82, 2.24) is 9.80 Å². The molecule has 2 saturated heterocycles. The number of para-hydroxylation sites is 1. The van der Waals surface area contributed by atoms with Crippen LogP contribution in [0.3, 0.4) is 0 Å². The number of amides is 1. The fourth-order valence-corrected chi connectivity index (χ4v) is 4.01. The van der Waals surface area contributed by atoms with Crippen molar-refractivity contribution in [3.05, 3.63) is 29.8 Å². The van der Waals surface area contributed by atoms with Crippen molar-refractivity contribution in [2.24, 2.45) is 0 Å². The van der Waals surface area contributed by atoms with Gasteiger partial charge in [0, 0.05) is 19.1 Å². The SMILES string of the molecule is CC(C(=O)Nc1ccccc1C#N)N1CCC(N2CCCCC2)CC1. The topological polar surface area (TPSA) is 59.4 Å². The second kappa shape index (κ2) is 8.46. The van der Waals surface area contributed by atoms with Gasteiger partial charge in [-0.15, -0.1) is 0 Å². The molecule has 5 heteroatoms. The van der Waals surface area contributed by atoms with E-state index in [2.05, 4.69) is 21.2 Å². The van der Waals surface area contributed by atoms with Crippen LogP contribution in [-0.2, 0) is 4.79 Å². The number of nitriles is 1. The van der Waals surface area contributed by atoms with Gasteiger partial charge in [0.25, 0.3) is 0 Å². The molecule has 1 amide bonds. The molecule has 0 aliphatic carbocycles. The third-order valence-electron chi connectivity index (χ3n) is 5.64. The predicted molar refractivity (Wildman–Crippen MR) is 99.3 cm³/mol. The first kappa shape index (κ1) is 17.9. The van der Waals surface area contributed by atoms with E-state index >= 15 is 0 Å². The minimum absolute atomic E-state index is 0.0286. The van der Waals surface area contributed by atoms with Gasteiger partial charge in [0.05, 0.1) is 17.3 Å². The van der Waals surface area contributed by atoms with Crippen LogP contribution in [0.1, 0.15) is 44.6 Å². The number of nitrogens with zero attached hydrogens (tertiary/aromatic N) is 3. The lowest BCUT2D eigenvalue weighted by Gasteiger charge is -2.41. The van der Waals surface area contributed by atoms with E-state index in [1.807, 2.05) is 19.1 Å². The summed E-state index contributed by atoms with van der Waals surface area (Å²) in [6, 6.07) is 9.80. The van der Waals surface area contributed by atoms with Crippen molar-refractivity contribution in [3.8, 4) is 6.07 Å². The van der Waals surface area contributed by atoms with Crippen LogP contribution in [0.4, 0.5) is 5.69 Å². The molecule has 2 heterocycles. The maximum absolute atomic E-state index is 12.6. The Morgan fingerprint density at radius 1 is 1.16 bits per heavy atom. The Hall–Kier alpha value is -1.90. The fourth-order valence-electron chi connectivity index (χ4n) is 4.01. The second-order valence-electron chi connectivity index (χ2n) is 7.19. The van der Waals surface area contributed by atoms with Gasteiger partial charge < -0.3 is 10.2 Å².